The molecule has 0 unspecified atom stereocenters. The third-order valence-electron chi connectivity index (χ3n) is 3.43. The number of rotatable bonds is 8. The lowest BCUT2D eigenvalue weighted by Crippen LogP contribution is -2.30. The third-order valence-corrected chi connectivity index (χ3v) is 3.43. The van der Waals surface area contributed by atoms with Gasteiger partial charge in [0.1, 0.15) is 6.10 Å². The van der Waals surface area contributed by atoms with Gasteiger partial charge in [0.15, 0.2) is 0 Å². The molecule has 1 rings (SSSR count). The van der Waals surface area contributed by atoms with E-state index in [2.05, 4.69) is 13.8 Å². The molecule has 0 aliphatic carbocycles. The average Bonchev–Trinajstić information content (AvgIpc) is 2.45. The SMILES string of the molecule is CC(C)Cc1ccc([C@H](C)C(=O)O[C@@H](CN)CC(=O)O)cc1. The van der Waals surface area contributed by atoms with E-state index >= 15 is 0 Å². The molecule has 0 radical (unpaired) electrons. The number of carbonyl (C=O) groups excluding carboxylic acids is 1. The summed E-state index contributed by atoms with van der Waals surface area (Å²) >= 11 is 0. The predicted octanol–water partition coefficient (Wildman–Crippen LogP) is 2.33. The Morgan fingerprint density at radius 3 is 2.23 bits per heavy atom. The summed E-state index contributed by atoms with van der Waals surface area (Å²) in [5.74, 6) is -1.35. The van der Waals surface area contributed by atoms with Gasteiger partial charge in [0.05, 0.1) is 12.3 Å². The van der Waals surface area contributed by atoms with Crippen LogP contribution in [0.4, 0.5) is 0 Å². The number of carboxylic acids is 1. The smallest absolute Gasteiger partial charge is 0.313 e. The summed E-state index contributed by atoms with van der Waals surface area (Å²) < 4.78 is 5.18. The molecule has 3 N–H and O–H groups in total. The van der Waals surface area contributed by atoms with Crippen molar-refractivity contribution in [3.8, 4) is 0 Å². The number of ether oxygens (including phenoxy) is 1. The molecule has 0 heterocycles. The molecule has 1 aromatic rings. The van der Waals surface area contributed by atoms with Gasteiger partial charge in [0.25, 0.3) is 0 Å². The molecule has 0 aliphatic heterocycles. The van der Waals surface area contributed by atoms with Crippen molar-refractivity contribution in [3.05, 3.63) is 35.4 Å². The Balaban J connectivity index is 2.67. The monoisotopic (exact) mass is 307 g/mol. The molecule has 0 spiro atoms. The van der Waals surface area contributed by atoms with Gasteiger partial charge in [-0.15, -0.1) is 0 Å². The molecule has 5 nitrogen and oxygen atoms in total. The lowest BCUT2D eigenvalue weighted by Gasteiger charge is -2.18. The Labute approximate surface area is 131 Å². The van der Waals surface area contributed by atoms with Gasteiger partial charge in [-0.3, -0.25) is 9.59 Å². The zero-order chi connectivity index (χ0) is 16.7. The first-order valence-electron chi connectivity index (χ1n) is 7.54. The van der Waals surface area contributed by atoms with Crippen molar-refractivity contribution in [3.63, 3.8) is 0 Å². The van der Waals surface area contributed by atoms with E-state index in [1.807, 2.05) is 24.3 Å². The molecule has 0 amide bonds. The predicted molar refractivity (Wildman–Crippen MR) is 84.6 cm³/mol. The summed E-state index contributed by atoms with van der Waals surface area (Å²) in [7, 11) is 0. The van der Waals surface area contributed by atoms with Crippen molar-refractivity contribution in [1.82, 2.24) is 0 Å². The summed E-state index contributed by atoms with van der Waals surface area (Å²) in [4.78, 5) is 22.8. The van der Waals surface area contributed by atoms with E-state index in [1.165, 1.54) is 5.56 Å². The number of nitrogens with two attached hydrogens (primary N) is 1. The second-order valence-corrected chi connectivity index (χ2v) is 5.95. The zero-order valence-corrected chi connectivity index (χ0v) is 13.4. The highest BCUT2D eigenvalue weighted by atomic mass is 16.5. The molecule has 0 aliphatic rings. The molecule has 2 atom stereocenters. The van der Waals surface area contributed by atoms with Crippen LogP contribution in [0.2, 0.25) is 0 Å². The fourth-order valence-electron chi connectivity index (χ4n) is 2.18. The molecule has 0 fully saturated rings. The zero-order valence-electron chi connectivity index (χ0n) is 13.4. The van der Waals surface area contributed by atoms with Crippen LogP contribution < -0.4 is 5.73 Å². The van der Waals surface area contributed by atoms with Crippen LogP contribution in [0.15, 0.2) is 24.3 Å². The van der Waals surface area contributed by atoms with Crippen LogP contribution in [-0.2, 0) is 20.7 Å². The summed E-state index contributed by atoms with van der Waals surface area (Å²) in [6.45, 7) is 6.05. The normalized spacial score (nSPS) is 13.7. The summed E-state index contributed by atoms with van der Waals surface area (Å²) in [5, 5.41) is 8.74. The molecule has 0 bridgehead atoms. The Bertz CT molecular complexity index is 496. The van der Waals surface area contributed by atoms with E-state index in [9.17, 15) is 9.59 Å². The maximum absolute atomic E-state index is 12.1. The van der Waals surface area contributed by atoms with Crippen LogP contribution >= 0.6 is 0 Å². The number of esters is 1. The highest BCUT2D eigenvalue weighted by Crippen LogP contribution is 2.19. The number of carbonyl (C=O) groups is 2. The first-order chi connectivity index (χ1) is 10.3. The van der Waals surface area contributed by atoms with Crippen molar-refractivity contribution >= 4 is 11.9 Å². The third kappa shape index (κ3) is 5.85. The molecule has 0 saturated carbocycles. The van der Waals surface area contributed by atoms with Gasteiger partial charge in [-0.25, -0.2) is 0 Å². The fraction of sp³-hybridized carbons (Fsp3) is 0.529. The van der Waals surface area contributed by atoms with E-state index < -0.39 is 24.0 Å². The molecule has 22 heavy (non-hydrogen) atoms. The van der Waals surface area contributed by atoms with Crippen molar-refractivity contribution in [2.24, 2.45) is 11.7 Å². The number of aliphatic carboxylic acids is 1. The van der Waals surface area contributed by atoms with Gasteiger partial charge in [0, 0.05) is 6.54 Å². The van der Waals surface area contributed by atoms with Crippen LogP contribution in [0.5, 0.6) is 0 Å². The highest BCUT2D eigenvalue weighted by molar-refractivity contribution is 5.78. The molecule has 1 aromatic carbocycles. The minimum absolute atomic E-state index is 0.00190. The van der Waals surface area contributed by atoms with Crippen LogP contribution in [0.3, 0.4) is 0 Å². The van der Waals surface area contributed by atoms with Gasteiger partial charge >= 0.3 is 11.9 Å². The van der Waals surface area contributed by atoms with E-state index in [-0.39, 0.29) is 13.0 Å². The number of carboxylic acid groups (broad SMARTS) is 1. The average molecular weight is 307 g/mol. The Kier molecular flexibility index (Phi) is 7.05. The summed E-state index contributed by atoms with van der Waals surface area (Å²) in [6.07, 6.45) is -0.0671. The van der Waals surface area contributed by atoms with Gasteiger partial charge < -0.3 is 15.6 Å². The van der Waals surface area contributed by atoms with E-state index in [0.717, 1.165) is 12.0 Å². The van der Waals surface area contributed by atoms with Crippen LogP contribution in [0.1, 0.15) is 44.2 Å². The maximum atomic E-state index is 12.1. The summed E-state index contributed by atoms with van der Waals surface area (Å²) in [5.41, 5.74) is 7.51. The number of hydrogen-bond acceptors (Lipinski definition) is 4. The first-order valence-corrected chi connectivity index (χ1v) is 7.54. The standard InChI is InChI=1S/C17H25NO4/c1-11(2)8-13-4-6-14(7-5-13)12(3)17(21)22-15(10-18)9-16(19)20/h4-7,11-12,15H,8-10,18H2,1-3H3,(H,19,20)/t12-,15+/m0/s1. The second kappa shape index (κ2) is 8.54. The summed E-state index contributed by atoms with van der Waals surface area (Å²) in [6, 6.07) is 7.85. The Hall–Kier alpha value is -1.88. The topological polar surface area (TPSA) is 89.6 Å². The van der Waals surface area contributed by atoms with E-state index in [1.54, 1.807) is 6.92 Å². The largest absolute Gasteiger partial charge is 0.481 e. The van der Waals surface area contributed by atoms with Crippen LogP contribution in [0, 0.1) is 5.92 Å². The van der Waals surface area contributed by atoms with E-state index in [4.69, 9.17) is 15.6 Å². The first kappa shape index (κ1) is 18.2. The molecule has 5 heteroatoms. The lowest BCUT2D eigenvalue weighted by atomic mass is 9.97. The second-order valence-electron chi connectivity index (χ2n) is 5.95. The Morgan fingerprint density at radius 2 is 1.77 bits per heavy atom. The van der Waals surface area contributed by atoms with Crippen molar-refractivity contribution < 1.29 is 19.4 Å². The van der Waals surface area contributed by atoms with Gasteiger partial charge in [0.2, 0.25) is 0 Å². The quantitative estimate of drug-likeness (QED) is 0.719. The number of hydrogen-bond donors (Lipinski definition) is 2. The maximum Gasteiger partial charge on any atom is 0.313 e. The lowest BCUT2D eigenvalue weighted by molar-refractivity contribution is -0.153. The van der Waals surface area contributed by atoms with Gasteiger partial charge in [-0.2, -0.15) is 0 Å². The molecule has 0 aromatic heterocycles. The van der Waals surface area contributed by atoms with Crippen molar-refractivity contribution in [2.45, 2.75) is 45.6 Å². The molecule has 0 saturated heterocycles. The molecule has 122 valence electrons. The van der Waals surface area contributed by atoms with E-state index in [0.29, 0.717) is 5.92 Å². The Morgan fingerprint density at radius 1 is 1.18 bits per heavy atom. The van der Waals surface area contributed by atoms with Gasteiger partial charge in [-0.05, 0) is 30.4 Å². The van der Waals surface area contributed by atoms with Crippen molar-refractivity contribution in [1.29, 1.82) is 0 Å². The van der Waals surface area contributed by atoms with Gasteiger partial charge in [-0.1, -0.05) is 38.1 Å². The van der Waals surface area contributed by atoms with Crippen molar-refractivity contribution in [2.75, 3.05) is 6.54 Å². The minimum atomic E-state index is -1.03. The molecular formula is C17H25NO4. The minimum Gasteiger partial charge on any atom is -0.481 e. The molecular weight excluding hydrogens is 282 g/mol. The number of benzene rings is 1. The highest BCUT2D eigenvalue weighted by Gasteiger charge is 2.22. The van der Waals surface area contributed by atoms with Crippen LogP contribution in [0.25, 0.3) is 0 Å². The van der Waals surface area contributed by atoms with Crippen LogP contribution in [-0.4, -0.2) is 29.7 Å². The fourth-order valence-corrected chi connectivity index (χ4v) is 2.18.